The number of alkyl halides is 3. The van der Waals surface area contributed by atoms with Crippen LogP contribution >= 0.6 is 0 Å². The van der Waals surface area contributed by atoms with E-state index in [1.54, 1.807) is 24.4 Å². The normalized spacial score (nSPS) is 35.0. The van der Waals surface area contributed by atoms with Crippen molar-refractivity contribution in [3.05, 3.63) is 59.9 Å². The van der Waals surface area contributed by atoms with E-state index in [0.717, 1.165) is 18.6 Å². The summed E-state index contributed by atoms with van der Waals surface area (Å²) in [5.74, 6) is -0.637. The van der Waals surface area contributed by atoms with Gasteiger partial charge in [-0.3, -0.25) is 9.78 Å². The van der Waals surface area contributed by atoms with Crippen LogP contribution in [0.15, 0.2) is 48.7 Å². The number of ether oxygens (including phenoxy) is 1. The molecule has 35 heavy (non-hydrogen) atoms. The Bertz CT molecular complexity index is 1120. The number of halogens is 3. The van der Waals surface area contributed by atoms with Gasteiger partial charge in [-0.05, 0) is 73.8 Å². The van der Waals surface area contributed by atoms with Crippen LogP contribution in [0.25, 0.3) is 17.2 Å². The first-order chi connectivity index (χ1) is 16.6. The highest BCUT2D eigenvalue weighted by atomic mass is 19.4. The topological polar surface area (TPSA) is 79.7 Å². The molecule has 0 radical (unpaired) electrons. The molecule has 1 saturated heterocycles. The van der Waals surface area contributed by atoms with E-state index < -0.39 is 23.9 Å². The maximum absolute atomic E-state index is 13.0. The fourth-order valence-corrected chi connectivity index (χ4v) is 6.36. The number of pyridine rings is 1. The van der Waals surface area contributed by atoms with E-state index in [4.69, 9.17) is 4.74 Å². The molecule has 5 rings (SSSR count). The minimum absolute atomic E-state index is 0.00757. The number of carbonyl (C=O) groups excluding carboxylic acids is 1. The number of benzene rings is 1. The van der Waals surface area contributed by atoms with Crippen LogP contribution in [0, 0.1) is 29.6 Å². The third-order valence-corrected chi connectivity index (χ3v) is 8.05. The van der Waals surface area contributed by atoms with E-state index in [-0.39, 0.29) is 41.7 Å². The molecule has 2 saturated carbocycles. The number of aromatic nitrogens is 1. The van der Waals surface area contributed by atoms with Crippen molar-refractivity contribution in [2.45, 2.75) is 50.7 Å². The third kappa shape index (κ3) is 4.49. The van der Waals surface area contributed by atoms with Crippen LogP contribution in [0.5, 0.6) is 0 Å². The number of hydrogen-bond donors (Lipinski definition) is 2. The van der Waals surface area contributed by atoms with Gasteiger partial charge in [0, 0.05) is 17.7 Å². The van der Waals surface area contributed by atoms with Crippen LogP contribution in [0.3, 0.4) is 0 Å². The molecule has 5 nitrogen and oxygen atoms in total. The zero-order chi connectivity index (χ0) is 24.9. The summed E-state index contributed by atoms with van der Waals surface area (Å²) in [6.07, 6.45) is 0.947. The van der Waals surface area contributed by atoms with Crippen LogP contribution in [0.2, 0.25) is 0 Å². The fraction of sp³-hybridized carbons (Fsp3) is 0.481. The number of rotatable bonds is 3. The van der Waals surface area contributed by atoms with E-state index in [1.807, 2.05) is 19.1 Å². The van der Waals surface area contributed by atoms with E-state index in [0.29, 0.717) is 29.7 Å². The number of aliphatic hydroxyl groups is 2. The van der Waals surface area contributed by atoms with Crippen molar-refractivity contribution in [3.63, 3.8) is 0 Å². The van der Waals surface area contributed by atoms with Crippen molar-refractivity contribution in [3.8, 4) is 11.1 Å². The molecular formula is C27H28F3NO4. The zero-order valence-corrected chi connectivity index (χ0v) is 19.2. The number of allylic oxidation sites excluding steroid dienone is 1. The Hall–Kier alpha value is -2.71. The van der Waals surface area contributed by atoms with Gasteiger partial charge in [0.2, 0.25) is 0 Å². The minimum Gasteiger partial charge on any atom is -0.462 e. The largest absolute Gasteiger partial charge is 0.462 e. The Morgan fingerprint density at radius 1 is 1.09 bits per heavy atom. The number of nitrogens with zero attached hydrogens (tertiary/aromatic N) is 1. The second kappa shape index (κ2) is 9.06. The smallest absolute Gasteiger partial charge is 0.416 e. The Kier molecular flexibility index (Phi) is 6.21. The molecule has 3 fully saturated rings. The summed E-state index contributed by atoms with van der Waals surface area (Å²) in [6, 6.07) is 8.63. The highest BCUT2D eigenvalue weighted by Gasteiger charge is 2.56. The highest BCUT2D eigenvalue weighted by Crippen LogP contribution is 2.53. The standard InChI is InChI=1S/C27H28F3NO4/c1-14-24-20(19-9-10-23(32)25(33)21(19)12-22(24)26(34)35-14)8-7-18-6-5-16(13-31-18)15-3-2-4-17(11-15)27(28,29)30/h2-8,11,13-14,19-25,32-33H,9-10,12H2,1H3/b8-7+/t14-,19+,20+,21+,22-,23-,24+,25+/m1/s1. The monoisotopic (exact) mass is 487 g/mol. The van der Waals surface area contributed by atoms with Gasteiger partial charge in [-0.1, -0.05) is 24.3 Å². The quantitative estimate of drug-likeness (QED) is 0.613. The Labute approximate surface area is 201 Å². The predicted octanol–water partition coefficient (Wildman–Crippen LogP) is 4.73. The Morgan fingerprint density at radius 3 is 2.60 bits per heavy atom. The lowest BCUT2D eigenvalue weighted by atomic mass is 9.56. The highest BCUT2D eigenvalue weighted by molar-refractivity contribution is 5.75. The maximum Gasteiger partial charge on any atom is 0.416 e. The number of hydrogen-bond acceptors (Lipinski definition) is 5. The molecule has 8 heteroatoms. The summed E-state index contributed by atoms with van der Waals surface area (Å²) in [5, 5.41) is 20.8. The lowest BCUT2D eigenvalue weighted by molar-refractivity contribution is -0.146. The van der Waals surface area contributed by atoms with Gasteiger partial charge in [-0.2, -0.15) is 13.2 Å². The molecule has 8 atom stereocenters. The number of carbonyl (C=O) groups is 1. The average molecular weight is 488 g/mol. The summed E-state index contributed by atoms with van der Waals surface area (Å²) >= 11 is 0. The van der Waals surface area contributed by atoms with Gasteiger partial charge in [-0.25, -0.2) is 0 Å². The zero-order valence-electron chi connectivity index (χ0n) is 19.2. The van der Waals surface area contributed by atoms with E-state index in [1.165, 1.54) is 6.07 Å². The van der Waals surface area contributed by atoms with Crippen molar-refractivity contribution in [1.29, 1.82) is 0 Å². The van der Waals surface area contributed by atoms with Gasteiger partial charge in [0.1, 0.15) is 6.10 Å². The van der Waals surface area contributed by atoms with Crippen molar-refractivity contribution >= 4 is 12.0 Å². The predicted molar refractivity (Wildman–Crippen MR) is 123 cm³/mol. The lowest BCUT2D eigenvalue weighted by Crippen LogP contribution is -2.51. The van der Waals surface area contributed by atoms with E-state index in [9.17, 15) is 28.2 Å². The molecule has 2 N–H and O–H groups in total. The summed E-state index contributed by atoms with van der Waals surface area (Å²) in [5.41, 5.74) is 0.959. The molecule has 1 aromatic carbocycles. The SMILES string of the molecule is C[C@H]1OC(=O)[C@@H]2C[C@@H]3[C@H](O)[C@H](O)CC[C@H]3[C@H](/C=C/c3ccc(-c4cccc(C(F)(F)F)c4)cn3)[C@H]12. The summed E-state index contributed by atoms with van der Waals surface area (Å²) in [6.45, 7) is 1.90. The van der Waals surface area contributed by atoms with Crippen LogP contribution in [0.4, 0.5) is 13.2 Å². The molecule has 2 heterocycles. The molecule has 186 valence electrons. The van der Waals surface area contributed by atoms with E-state index >= 15 is 0 Å². The number of cyclic esters (lactones) is 1. The van der Waals surface area contributed by atoms with Crippen molar-refractivity contribution in [1.82, 2.24) is 4.98 Å². The lowest BCUT2D eigenvalue weighted by Gasteiger charge is -2.48. The van der Waals surface area contributed by atoms with Gasteiger partial charge < -0.3 is 14.9 Å². The second-order valence-electron chi connectivity index (χ2n) is 10.0. The Morgan fingerprint density at radius 2 is 1.89 bits per heavy atom. The summed E-state index contributed by atoms with van der Waals surface area (Å²) in [4.78, 5) is 16.9. The number of esters is 1. The summed E-state index contributed by atoms with van der Waals surface area (Å²) in [7, 11) is 0. The molecule has 1 aromatic heterocycles. The molecule has 2 aliphatic carbocycles. The Balaban J connectivity index is 1.39. The minimum atomic E-state index is -4.41. The van der Waals surface area contributed by atoms with Crippen molar-refractivity contribution in [2.24, 2.45) is 29.6 Å². The maximum atomic E-state index is 13.0. The first kappa shape index (κ1) is 24.0. The number of aliphatic hydroxyl groups excluding tert-OH is 2. The first-order valence-electron chi connectivity index (χ1n) is 12.0. The average Bonchev–Trinajstić information content (AvgIpc) is 3.12. The second-order valence-corrected chi connectivity index (χ2v) is 10.0. The van der Waals surface area contributed by atoms with Crippen molar-refractivity contribution < 1.29 is 32.9 Å². The van der Waals surface area contributed by atoms with Gasteiger partial charge in [0.25, 0.3) is 0 Å². The van der Waals surface area contributed by atoms with Crippen molar-refractivity contribution in [2.75, 3.05) is 0 Å². The van der Waals surface area contributed by atoms with Gasteiger partial charge in [0.05, 0.1) is 29.4 Å². The molecule has 0 amide bonds. The van der Waals surface area contributed by atoms with Crippen LogP contribution in [-0.2, 0) is 15.7 Å². The molecule has 0 bridgehead atoms. The van der Waals surface area contributed by atoms with Crippen LogP contribution < -0.4 is 0 Å². The van der Waals surface area contributed by atoms with Gasteiger partial charge in [0.15, 0.2) is 0 Å². The van der Waals surface area contributed by atoms with Gasteiger partial charge in [-0.15, -0.1) is 0 Å². The van der Waals surface area contributed by atoms with Gasteiger partial charge >= 0.3 is 12.1 Å². The molecule has 0 spiro atoms. The summed E-state index contributed by atoms with van der Waals surface area (Å²) < 4.78 is 44.7. The van der Waals surface area contributed by atoms with Crippen LogP contribution in [-0.4, -0.2) is 39.5 Å². The number of fused-ring (bicyclic) bond motifs is 2. The fourth-order valence-electron chi connectivity index (χ4n) is 6.36. The molecule has 0 unspecified atom stereocenters. The molecule has 2 aromatic rings. The molecule has 1 aliphatic heterocycles. The van der Waals surface area contributed by atoms with E-state index in [2.05, 4.69) is 4.98 Å². The first-order valence-corrected chi connectivity index (χ1v) is 12.0. The third-order valence-electron chi connectivity index (χ3n) is 8.05. The van der Waals surface area contributed by atoms with Crippen LogP contribution in [0.1, 0.15) is 37.4 Å². The molecular weight excluding hydrogens is 459 g/mol. The molecule has 3 aliphatic rings.